The number of nitrogens with one attached hydrogen (secondary N) is 1. The number of nitrogens with zero attached hydrogens (tertiary/aromatic N) is 1. The van der Waals surface area contributed by atoms with Crippen molar-refractivity contribution in [1.29, 1.82) is 0 Å². The van der Waals surface area contributed by atoms with Gasteiger partial charge < -0.3 is 19.8 Å². The maximum Gasteiger partial charge on any atom is 0.472 e. The highest BCUT2D eigenvalue weighted by Crippen LogP contribution is 2.43. The Morgan fingerprint density at radius 2 is 0.841 bits per heavy atom. The van der Waals surface area contributed by atoms with Gasteiger partial charge in [0, 0.05) is 6.42 Å². The van der Waals surface area contributed by atoms with Gasteiger partial charge in [-0.15, -0.1) is 0 Å². The Balaban J connectivity index is 4.19. The van der Waals surface area contributed by atoms with Crippen molar-refractivity contribution in [1.82, 2.24) is 5.32 Å². The molecule has 0 rings (SSSR count). The molecule has 0 saturated heterocycles. The molecule has 0 aromatic heterocycles. The normalized spacial score (nSPS) is 14.1. The summed E-state index contributed by atoms with van der Waals surface area (Å²) >= 11 is 0. The summed E-state index contributed by atoms with van der Waals surface area (Å²) in [4.78, 5) is 23.2. The largest absolute Gasteiger partial charge is 0.472 e. The number of likely N-dealkylation sites (N-methyl/N-ethyl adjacent to an activating group) is 1. The minimum atomic E-state index is -4.34. The lowest BCUT2D eigenvalue weighted by Crippen LogP contribution is -2.45. The molecule has 0 aliphatic rings. The summed E-state index contributed by atoms with van der Waals surface area (Å²) in [7, 11) is 1.59. The molecule has 3 N–H and O–H groups in total. The summed E-state index contributed by atoms with van der Waals surface area (Å²) < 4.78 is 23.7. The first-order valence-electron chi connectivity index (χ1n) is 27.6. The minimum Gasteiger partial charge on any atom is -0.387 e. The van der Waals surface area contributed by atoms with Gasteiger partial charge in [-0.2, -0.15) is 0 Å². The highest BCUT2D eigenvalue weighted by Gasteiger charge is 2.27. The number of unbranched alkanes of at least 4 members (excludes halogenated alkanes) is 38. The smallest absolute Gasteiger partial charge is 0.387 e. The van der Waals surface area contributed by atoms with E-state index in [0.29, 0.717) is 17.4 Å². The lowest BCUT2D eigenvalue weighted by atomic mass is 10.0. The number of carbonyl (C=O) groups is 1. The molecule has 3 atom stereocenters. The Kier molecular flexibility index (Phi) is 45.8. The number of phosphoric ester groups is 1. The summed E-state index contributed by atoms with van der Waals surface area (Å²) in [6.07, 6.45) is 55.9. The van der Waals surface area contributed by atoms with Gasteiger partial charge in [0.05, 0.1) is 39.9 Å². The lowest BCUT2D eigenvalue weighted by molar-refractivity contribution is -0.870. The van der Waals surface area contributed by atoms with Gasteiger partial charge >= 0.3 is 7.82 Å². The van der Waals surface area contributed by atoms with E-state index in [1.165, 1.54) is 225 Å². The van der Waals surface area contributed by atoms with Gasteiger partial charge in [0.2, 0.25) is 5.91 Å². The standard InChI is InChI=1S/C54H109N2O6P/c1-6-8-10-12-14-16-18-20-22-24-25-26-27-28-29-30-31-32-33-35-37-39-41-43-45-47-53(57)52(51-62-63(59,60)61-50-49-56(3,4)5)55-54(58)48-46-44-42-40-38-36-34-23-21-19-17-15-13-11-9-7-2/h45,47,52-53,57H,6-44,46,48-51H2,1-5H3,(H-,55,58,59,60)/p+1/b47-45+. The van der Waals surface area contributed by atoms with Crippen molar-refractivity contribution in [2.24, 2.45) is 0 Å². The Morgan fingerprint density at radius 3 is 1.17 bits per heavy atom. The van der Waals surface area contributed by atoms with Crippen LogP contribution in [0.4, 0.5) is 0 Å². The maximum absolute atomic E-state index is 12.9. The van der Waals surface area contributed by atoms with Gasteiger partial charge in [-0.3, -0.25) is 13.8 Å². The number of hydrogen-bond acceptors (Lipinski definition) is 5. The second-order valence-corrected chi connectivity index (χ2v) is 21.8. The van der Waals surface area contributed by atoms with Crippen LogP contribution in [-0.2, 0) is 18.4 Å². The van der Waals surface area contributed by atoms with E-state index in [-0.39, 0.29) is 19.1 Å². The first-order chi connectivity index (χ1) is 30.5. The first-order valence-corrected chi connectivity index (χ1v) is 29.1. The van der Waals surface area contributed by atoms with Crippen LogP contribution in [-0.4, -0.2) is 73.4 Å². The molecule has 0 bridgehead atoms. The molecule has 9 heteroatoms. The number of amides is 1. The zero-order valence-corrected chi connectivity index (χ0v) is 43.7. The van der Waals surface area contributed by atoms with Gasteiger partial charge in [-0.25, -0.2) is 4.57 Å². The van der Waals surface area contributed by atoms with Gasteiger partial charge in [0.1, 0.15) is 13.2 Å². The number of hydrogen-bond donors (Lipinski definition) is 3. The Labute approximate surface area is 392 Å². The highest BCUT2D eigenvalue weighted by atomic mass is 31.2. The van der Waals surface area contributed by atoms with Crippen molar-refractivity contribution in [3.63, 3.8) is 0 Å². The van der Waals surface area contributed by atoms with Crippen LogP contribution >= 0.6 is 7.82 Å². The molecular weight excluding hydrogens is 804 g/mol. The molecule has 0 fully saturated rings. The van der Waals surface area contributed by atoms with E-state index in [4.69, 9.17) is 9.05 Å². The molecule has 8 nitrogen and oxygen atoms in total. The molecule has 0 heterocycles. The number of aliphatic hydroxyl groups is 1. The second-order valence-electron chi connectivity index (χ2n) is 20.3. The summed E-state index contributed by atoms with van der Waals surface area (Å²) in [6.45, 7) is 4.86. The van der Waals surface area contributed by atoms with Crippen molar-refractivity contribution >= 4 is 13.7 Å². The van der Waals surface area contributed by atoms with Crippen LogP contribution < -0.4 is 5.32 Å². The predicted molar refractivity (Wildman–Crippen MR) is 272 cm³/mol. The molecular formula is C54H110N2O6P+. The zero-order chi connectivity index (χ0) is 46.4. The summed E-state index contributed by atoms with van der Waals surface area (Å²) in [5.74, 6) is -0.171. The van der Waals surface area contributed by atoms with Gasteiger partial charge in [0.25, 0.3) is 0 Å². The molecule has 0 aromatic carbocycles. The fraction of sp³-hybridized carbons (Fsp3) is 0.944. The number of phosphoric acid groups is 1. The van der Waals surface area contributed by atoms with E-state index in [1.807, 2.05) is 27.2 Å². The molecule has 0 aliphatic carbocycles. The molecule has 3 unspecified atom stereocenters. The van der Waals surface area contributed by atoms with Crippen LogP contribution in [0.25, 0.3) is 0 Å². The SMILES string of the molecule is CCCCCCCCCCCCCCCCCCCCCCCCC/C=C/C(O)C(COP(=O)(O)OCC[N+](C)(C)C)NC(=O)CCCCCCCCCCCCCCCCCC. The first kappa shape index (κ1) is 62.2. The van der Waals surface area contributed by atoms with Crippen LogP contribution in [0.5, 0.6) is 0 Å². The topological polar surface area (TPSA) is 105 Å². The van der Waals surface area contributed by atoms with Crippen LogP contribution in [0.3, 0.4) is 0 Å². The molecule has 0 radical (unpaired) electrons. The summed E-state index contributed by atoms with van der Waals surface area (Å²) in [5.41, 5.74) is 0. The Bertz CT molecular complexity index is 1040. The molecule has 63 heavy (non-hydrogen) atoms. The van der Waals surface area contributed by atoms with Gasteiger partial charge in [-0.1, -0.05) is 264 Å². The van der Waals surface area contributed by atoms with Crippen LogP contribution in [0, 0.1) is 0 Å². The molecule has 1 amide bonds. The van der Waals surface area contributed by atoms with Crippen molar-refractivity contribution in [3.05, 3.63) is 12.2 Å². The third kappa shape index (κ3) is 49.0. The van der Waals surface area contributed by atoms with Gasteiger partial charge in [0.15, 0.2) is 0 Å². The fourth-order valence-corrected chi connectivity index (χ4v) is 9.13. The summed E-state index contributed by atoms with van der Waals surface area (Å²) in [5, 5.41) is 13.9. The number of aliphatic hydroxyl groups excluding tert-OH is 1. The average molecular weight is 914 g/mol. The van der Waals surface area contributed by atoms with E-state index >= 15 is 0 Å². The zero-order valence-electron chi connectivity index (χ0n) is 42.8. The number of carbonyl (C=O) groups excluding carboxylic acids is 1. The Hall–Kier alpha value is -0.760. The van der Waals surface area contributed by atoms with Crippen molar-refractivity contribution in [2.75, 3.05) is 40.9 Å². The molecule has 0 spiro atoms. The minimum absolute atomic E-state index is 0.0651. The van der Waals surface area contributed by atoms with E-state index < -0.39 is 20.0 Å². The van der Waals surface area contributed by atoms with E-state index in [1.54, 1.807) is 6.08 Å². The second kappa shape index (κ2) is 46.4. The number of allylic oxidation sites excluding steroid dienone is 1. The molecule has 0 aliphatic heterocycles. The number of rotatable bonds is 51. The predicted octanol–water partition coefficient (Wildman–Crippen LogP) is 16.3. The van der Waals surface area contributed by atoms with Crippen LogP contribution in [0.15, 0.2) is 12.2 Å². The third-order valence-electron chi connectivity index (χ3n) is 12.8. The third-order valence-corrected chi connectivity index (χ3v) is 13.7. The molecule has 0 aromatic rings. The number of quaternary nitrogens is 1. The van der Waals surface area contributed by atoms with Crippen molar-refractivity contribution < 1.29 is 32.9 Å². The highest BCUT2D eigenvalue weighted by molar-refractivity contribution is 7.47. The van der Waals surface area contributed by atoms with Crippen LogP contribution in [0.2, 0.25) is 0 Å². The fourth-order valence-electron chi connectivity index (χ4n) is 8.40. The lowest BCUT2D eigenvalue weighted by Gasteiger charge is -2.25. The van der Waals surface area contributed by atoms with Crippen molar-refractivity contribution in [2.45, 2.75) is 289 Å². The molecule has 376 valence electrons. The molecule has 0 saturated carbocycles. The van der Waals surface area contributed by atoms with E-state index in [2.05, 4.69) is 19.2 Å². The van der Waals surface area contributed by atoms with Gasteiger partial charge in [-0.05, 0) is 19.3 Å². The van der Waals surface area contributed by atoms with Crippen molar-refractivity contribution in [3.8, 4) is 0 Å². The monoisotopic (exact) mass is 914 g/mol. The van der Waals surface area contributed by atoms with E-state index in [9.17, 15) is 19.4 Å². The summed E-state index contributed by atoms with van der Waals surface area (Å²) in [6, 6.07) is -0.841. The quantitative estimate of drug-likeness (QED) is 0.0243. The van der Waals surface area contributed by atoms with E-state index in [0.717, 1.165) is 32.1 Å². The van der Waals surface area contributed by atoms with Crippen LogP contribution in [0.1, 0.15) is 277 Å². The average Bonchev–Trinajstić information content (AvgIpc) is 3.24. The maximum atomic E-state index is 12.9. The Morgan fingerprint density at radius 1 is 0.524 bits per heavy atom.